The van der Waals surface area contributed by atoms with E-state index in [0.717, 1.165) is 4.47 Å². The molecule has 0 unspecified atom stereocenters. The molecule has 1 heterocycles. The van der Waals surface area contributed by atoms with Crippen LogP contribution in [0, 0.1) is 0 Å². The van der Waals surface area contributed by atoms with Crippen molar-refractivity contribution in [1.82, 2.24) is 4.90 Å². The quantitative estimate of drug-likeness (QED) is 0.648. The molecule has 2 atom stereocenters. The predicted molar refractivity (Wildman–Crippen MR) is 85.4 cm³/mol. The topological polar surface area (TPSA) is 81.9 Å². The van der Waals surface area contributed by atoms with Crippen LogP contribution in [0.5, 0.6) is 0 Å². The van der Waals surface area contributed by atoms with Crippen LogP contribution in [0.15, 0.2) is 22.7 Å². The molecule has 1 saturated heterocycles. The van der Waals surface area contributed by atoms with Crippen molar-refractivity contribution in [3.63, 3.8) is 0 Å². The number of anilines is 1. The van der Waals surface area contributed by atoms with Gasteiger partial charge in [0.1, 0.15) is 0 Å². The summed E-state index contributed by atoms with van der Waals surface area (Å²) < 4.78 is 11.4. The molecule has 6 nitrogen and oxygen atoms in total. The number of rotatable bonds is 3. The van der Waals surface area contributed by atoms with Gasteiger partial charge >= 0.3 is 5.97 Å². The van der Waals surface area contributed by atoms with Crippen molar-refractivity contribution in [1.29, 1.82) is 0 Å². The van der Waals surface area contributed by atoms with Gasteiger partial charge in [-0.15, -0.1) is 0 Å². The van der Waals surface area contributed by atoms with E-state index in [2.05, 4.69) is 15.9 Å². The number of carbonyl (C=O) groups excluding carboxylic acids is 2. The van der Waals surface area contributed by atoms with Crippen molar-refractivity contribution in [2.75, 3.05) is 25.4 Å². The summed E-state index contributed by atoms with van der Waals surface area (Å²) in [7, 11) is 0. The van der Waals surface area contributed by atoms with Crippen molar-refractivity contribution >= 4 is 33.5 Å². The number of nitrogens with zero attached hydrogens (tertiary/aromatic N) is 1. The molecule has 1 aromatic rings. The van der Waals surface area contributed by atoms with Crippen LogP contribution in [0.25, 0.3) is 0 Å². The summed E-state index contributed by atoms with van der Waals surface area (Å²) in [6.45, 7) is 4.51. The van der Waals surface area contributed by atoms with Gasteiger partial charge in [0.2, 0.25) is 0 Å². The number of benzene rings is 1. The number of halogens is 1. The molecule has 1 aliphatic rings. The van der Waals surface area contributed by atoms with E-state index in [1.54, 1.807) is 23.1 Å². The van der Waals surface area contributed by atoms with Crippen molar-refractivity contribution in [2.24, 2.45) is 0 Å². The molecule has 22 heavy (non-hydrogen) atoms. The second-order valence-corrected chi connectivity index (χ2v) is 6.28. The molecule has 120 valence electrons. The first-order chi connectivity index (χ1) is 10.4. The van der Waals surface area contributed by atoms with Gasteiger partial charge in [0.05, 0.1) is 17.8 Å². The molecular formula is C15H19BrN2O4. The standard InChI is InChI=1S/C15H19BrN2O4/c1-9-6-18(7-10(2)22-9)14(19)8-21-15(20)12-5-11(16)3-4-13(12)17/h3-5,9-10H,6-8,17H2,1-2H3/t9-,10-/m1/s1. The number of esters is 1. The van der Waals surface area contributed by atoms with Crippen LogP contribution in [-0.4, -0.2) is 48.7 Å². The highest BCUT2D eigenvalue weighted by Crippen LogP contribution is 2.19. The first kappa shape index (κ1) is 16.8. The monoisotopic (exact) mass is 370 g/mol. The lowest BCUT2D eigenvalue weighted by Gasteiger charge is -2.35. The Morgan fingerprint density at radius 3 is 2.64 bits per heavy atom. The third-order valence-corrected chi connectivity index (χ3v) is 3.83. The summed E-state index contributed by atoms with van der Waals surface area (Å²) >= 11 is 3.27. The number of ether oxygens (including phenoxy) is 2. The van der Waals surface area contributed by atoms with E-state index in [0.29, 0.717) is 18.8 Å². The van der Waals surface area contributed by atoms with Crippen LogP contribution in [0.2, 0.25) is 0 Å². The van der Waals surface area contributed by atoms with Gasteiger partial charge in [-0.05, 0) is 32.0 Å². The van der Waals surface area contributed by atoms with Crippen LogP contribution in [0.4, 0.5) is 5.69 Å². The van der Waals surface area contributed by atoms with E-state index in [4.69, 9.17) is 15.2 Å². The van der Waals surface area contributed by atoms with E-state index < -0.39 is 5.97 Å². The van der Waals surface area contributed by atoms with E-state index in [1.165, 1.54) is 0 Å². The molecule has 7 heteroatoms. The maximum Gasteiger partial charge on any atom is 0.340 e. The lowest BCUT2D eigenvalue weighted by molar-refractivity contribution is -0.146. The van der Waals surface area contributed by atoms with Crippen molar-refractivity contribution in [3.8, 4) is 0 Å². The average molecular weight is 371 g/mol. The largest absolute Gasteiger partial charge is 0.452 e. The summed E-state index contributed by atoms with van der Waals surface area (Å²) in [5.74, 6) is -0.842. The average Bonchev–Trinajstić information content (AvgIpc) is 2.45. The lowest BCUT2D eigenvalue weighted by Crippen LogP contribution is -2.49. The van der Waals surface area contributed by atoms with Gasteiger partial charge < -0.3 is 20.1 Å². The van der Waals surface area contributed by atoms with Crippen LogP contribution in [-0.2, 0) is 14.3 Å². The minimum Gasteiger partial charge on any atom is -0.452 e. The molecule has 1 aromatic carbocycles. The molecular weight excluding hydrogens is 352 g/mol. The molecule has 0 bridgehead atoms. The normalized spacial score (nSPS) is 21.5. The van der Waals surface area contributed by atoms with E-state index >= 15 is 0 Å². The first-order valence-electron chi connectivity index (χ1n) is 7.02. The number of hydrogen-bond donors (Lipinski definition) is 1. The number of amides is 1. The molecule has 1 amide bonds. The molecule has 0 aromatic heterocycles. The molecule has 0 saturated carbocycles. The van der Waals surface area contributed by atoms with Crippen LogP contribution >= 0.6 is 15.9 Å². The number of morpholine rings is 1. The fourth-order valence-electron chi connectivity index (χ4n) is 2.38. The van der Waals surface area contributed by atoms with Gasteiger partial charge in [-0.3, -0.25) is 4.79 Å². The minimum atomic E-state index is -0.610. The zero-order valence-corrected chi connectivity index (χ0v) is 14.1. The summed E-state index contributed by atoms with van der Waals surface area (Å²) in [4.78, 5) is 25.8. The number of nitrogen functional groups attached to an aromatic ring is 1. The minimum absolute atomic E-state index is 0.0240. The van der Waals surface area contributed by atoms with Crippen LogP contribution in [0.1, 0.15) is 24.2 Å². The van der Waals surface area contributed by atoms with Crippen molar-refractivity contribution < 1.29 is 19.1 Å². The highest BCUT2D eigenvalue weighted by atomic mass is 79.9. The summed E-state index contributed by atoms with van der Waals surface area (Å²) in [5, 5.41) is 0. The molecule has 0 spiro atoms. The Morgan fingerprint density at radius 2 is 2.00 bits per heavy atom. The molecule has 1 aliphatic heterocycles. The maximum absolute atomic E-state index is 12.1. The third kappa shape index (κ3) is 4.20. The van der Waals surface area contributed by atoms with Crippen LogP contribution in [0.3, 0.4) is 0 Å². The maximum atomic E-state index is 12.1. The van der Waals surface area contributed by atoms with Crippen LogP contribution < -0.4 is 5.73 Å². The highest BCUT2D eigenvalue weighted by Gasteiger charge is 2.26. The number of hydrogen-bond acceptors (Lipinski definition) is 5. The molecule has 2 N–H and O–H groups in total. The summed E-state index contributed by atoms with van der Waals surface area (Å²) in [6.07, 6.45) is -0.0479. The number of nitrogens with two attached hydrogens (primary N) is 1. The summed E-state index contributed by atoms with van der Waals surface area (Å²) in [6, 6.07) is 4.91. The van der Waals surface area contributed by atoms with Crippen molar-refractivity contribution in [2.45, 2.75) is 26.1 Å². The van der Waals surface area contributed by atoms with Gasteiger partial charge in [-0.1, -0.05) is 15.9 Å². The first-order valence-corrected chi connectivity index (χ1v) is 7.81. The Hall–Kier alpha value is -1.60. The zero-order chi connectivity index (χ0) is 16.3. The highest BCUT2D eigenvalue weighted by molar-refractivity contribution is 9.10. The van der Waals surface area contributed by atoms with Gasteiger partial charge in [0, 0.05) is 23.2 Å². The number of carbonyl (C=O) groups is 2. The second kappa shape index (κ2) is 7.11. The Bertz CT molecular complexity index is 569. The van der Waals surface area contributed by atoms with Gasteiger partial charge in [-0.2, -0.15) is 0 Å². The smallest absolute Gasteiger partial charge is 0.340 e. The fourth-order valence-corrected chi connectivity index (χ4v) is 2.74. The van der Waals surface area contributed by atoms with E-state index in [9.17, 15) is 9.59 Å². The van der Waals surface area contributed by atoms with Gasteiger partial charge in [0.15, 0.2) is 6.61 Å². The third-order valence-electron chi connectivity index (χ3n) is 3.33. The SMILES string of the molecule is C[C@@H]1CN(C(=O)COC(=O)c2cc(Br)ccc2N)C[C@@H](C)O1. The Balaban J connectivity index is 1.93. The lowest BCUT2D eigenvalue weighted by atomic mass is 10.2. The van der Waals surface area contributed by atoms with E-state index in [1.807, 2.05) is 13.8 Å². The second-order valence-electron chi connectivity index (χ2n) is 5.36. The molecule has 0 radical (unpaired) electrons. The molecule has 2 rings (SSSR count). The van der Waals surface area contributed by atoms with Gasteiger partial charge in [-0.25, -0.2) is 4.79 Å². The zero-order valence-electron chi connectivity index (χ0n) is 12.5. The Kier molecular flexibility index (Phi) is 5.42. The fraction of sp³-hybridized carbons (Fsp3) is 0.467. The van der Waals surface area contributed by atoms with Gasteiger partial charge in [0.25, 0.3) is 5.91 Å². The van der Waals surface area contributed by atoms with E-state index in [-0.39, 0.29) is 30.3 Å². The Morgan fingerprint density at radius 1 is 1.36 bits per heavy atom. The predicted octanol–water partition coefficient (Wildman–Crippen LogP) is 1.82. The molecule has 0 aliphatic carbocycles. The summed E-state index contributed by atoms with van der Waals surface area (Å²) in [5.41, 5.74) is 6.30. The van der Waals surface area contributed by atoms with Crippen molar-refractivity contribution in [3.05, 3.63) is 28.2 Å². The molecule has 1 fully saturated rings. The Labute approximate surface area is 137 Å².